The van der Waals surface area contributed by atoms with Crippen LogP contribution in [0.4, 0.5) is 4.79 Å². The molecule has 0 atom stereocenters. The van der Waals surface area contributed by atoms with Gasteiger partial charge in [-0.2, -0.15) is 0 Å². The Labute approximate surface area is 264 Å². The molecule has 0 saturated heterocycles. The maximum Gasteiger partial charge on any atom is 0.409 e. The normalized spacial score (nSPS) is 12.0. The third kappa shape index (κ3) is 13.5. The molecule has 0 fully saturated rings. The third-order valence-electron chi connectivity index (χ3n) is 7.06. The van der Waals surface area contributed by atoms with Crippen molar-refractivity contribution in [3.05, 3.63) is 59.7 Å². The molecule has 2 N–H and O–H groups in total. The van der Waals surface area contributed by atoms with E-state index in [1.54, 1.807) is 7.05 Å². The fraction of sp³-hybridized carbons (Fsp3) is 0.545. The second-order valence-corrected chi connectivity index (χ2v) is 10.4. The second-order valence-electron chi connectivity index (χ2n) is 10.4. The number of carboxylic acid groups (broad SMARTS) is 1. The number of fused-ring (bicyclic) bond motifs is 3. The lowest BCUT2D eigenvalue weighted by molar-refractivity contribution is -0.138. The van der Waals surface area contributed by atoms with Crippen molar-refractivity contribution in [1.82, 2.24) is 10.2 Å². The molecule has 0 unspecified atom stereocenters. The number of nitrogens with one attached hydrogen (secondary N) is 1. The van der Waals surface area contributed by atoms with Crippen molar-refractivity contribution in [2.75, 3.05) is 92.8 Å². The Balaban J connectivity index is 1.07. The van der Waals surface area contributed by atoms with Crippen LogP contribution in [-0.4, -0.2) is 121 Å². The summed E-state index contributed by atoms with van der Waals surface area (Å²) >= 11 is 0. The smallest absolute Gasteiger partial charge is 0.409 e. The number of amides is 2. The van der Waals surface area contributed by atoms with Crippen LogP contribution in [-0.2, 0) is 38.0 Å². The number of carbonyl (C=O) groups excluding carboxylic acids is 2. The topological polar surface area (TPSA) is 142 Å². The Morgan fingerprint density at radius 2 is 1.20 bits per heavy atom. The molecule has 248 valence electrons. The van der Waals surface area contributed by atoms with Gasteiger partial charge in [-0.25, -0.2) is 4.79 Å². The van der Waals surface area contributed by atoms with E-state index in [0.717, 1.165) is 0 Å². The highest BCUT2D eigenvalue weighted by atomic mass is 16.6. The van der Waals surface area contributed by atoms with Crippen LogP contribution < -0.4 is 5.32 Å². The highest BCUT2D eigenvalue weighted by molar-refractivity contribution is 5.80. The van der Waals surface area contributed by atoms with Crippen LogP contribution in [0.25, 0.3) is 11.1 Å². The molecule has 45 heavy (non-hydrogen) atoms. The van der Waals surface area contributed by atoms with Crippen molar-refractivity contribution < 1.29 is 47.9 Å². The van der Waals surface area contributed by atoms with Crippen molar-refractivity contribution in [1.29, 1.82) is 0 Å². The summed E-state index contributed by atoms with van der Waals surface area (Å²) in [6.07, 6.45) is 0.0884. The van der Waals surface area contributed by atoms with Crippen molar-refractivity contribution >= 4 is 18.0 Å². The average molecular weight is 631 g/mol. The largest absolute Gasteiger partial charge is 0.481 e. The molecule has 1 aliphatic carbocycles. The number of ether oxygens (including phenoxy) is 6. The first kappa shape index (κ1) is 35.9. The van der Waals surface area contributed by atoms with Gasteiger partial charge >= 0.3 is 12.1 Å². The molecule has 12 nitrogen and oxygen atoms in total. The molecular formula is C33H46N2O10. The summed E-state index contributed by atoms with van der Waals surface area (Å²) in [7, 11) is 1.70. The molecule has 3 rings (SSSR count). The van der Waals surface area contributed by atoms with Gasteiger partial charge in [0.25, 0.3) is 0 Å². The molecule has 2 aromatic carbocycles. The van der Waals surface area contributed by atoms with Gasteiger partial charge in [0, 0.05) is 39.1 Å². The van der Waals surface area contributed by atoms with Crippen LogP contribution in [0.2, 0.25) is 0 Å². The van der Waals surface area contributed by atoms with Crippen molar-refractivity contribution in [3.63, 3.8) is 0 Å². The van der Waals surface area contributed by atoms with Gasteiger partial charge in [0.1, 0.15) is 6.61 Å². The van der Waals surface area contributed by atoms with E-state index in [4.69, 9.17) is 33.5 Å². The van der Waals surface area contributed by atoms with E-state index in [9.17, 15) is 14.4 Å². The lowest BCUT2D eigenvalue weighted by Gasteiger charge is -2.19. The van der Waals surface area contributed by atoms with Crippen LogP contribution in [0, 0.1) is 0 Å². The zero-order chi connectivity index (χ0) is 32.1. The first-order valence-electron chi connectivity index (χ1n) is 15.4. The SMILES string of the molecule is CN(CCOCCOCCOCCOCCOCCCNC(=O)CCC(=O)O)C(=O)OCC1c2ccccc2-c2ccccc21. The van der Waals surface area contributed by atoms with Crippen LogP contribution >= 0.6 is 0 Å². The van der Waals surface area contributed by atoms with Gasteiger partial charge in [0.2, 0.25) is 5.91 Å². The van der Waals surface area contributed by atoms with E-state index in [0.29, 0.717) is 92.2 Å². The van der Waals surface area contributed by atoms with E-state index in [1.807, 2.05) is 24.3 Å². The molecular weight excluding hydrogens is 584 g/mol. The van der Waals surface area contributed by atoms with Gasteiger partial charge in [0.05, 0.1) is 65.9 Å². The van der Waals surface area contributed by atoms with Crippen LogP contribution in [0.5, 0.6) is 0 Å². The van der Waals surface area contributed by atoms with E-state index >= 15 is 0 Å². The Morgan fingerprint density at radius 3 is 1.73 bits per heavy atom. The fourth-order valence-corrected chi connectivity index (χ4v) is 4.69. The van der Waals surface area contributed by atoms with Gasteiger partial charge < -0.3 is 43.7 Å². The highest BCUT2D eigenvalue weighted by Crippen LogP contribution is 2.44. The Morgan fingerprint density at radius 1 is 0.711 bits per heavy atom. The molecule has 0 spiro atoms. The molecule has 1 aliphatic rings. The predicted molar refractivity (Wildman–Crippen MR) is 166 cm³/mol. The van der Waals surface area contributed by atoms with E-state index in [1.165, 1.54) is 27.2 Å². The summed E-state index contributed by atoms with van der Waals surface area (Å²) in [5, 5.41) is 11.2. The Kier molecular flexibility index (Phi) is 17.0. The minimum Gasteiger partial charge on any atom is -0.481 e. The zero-order valence-corrected chi connectivity index (χ0v) is 26.1. The first-order valence-corrected chi connectivity index (χ1v) is 15.4. The summed E-state index contributed by atoms with van der Waals surface area (Å²) in [5.41, 5.74) is 4.77. The Bertz CT molecular complexity index is 1130. The summed E-state index contributed by atoms with van der Waals surface area (Å²) in [4.78, 5) is 35.9. The van der Waals surface area contributed by atoms with Gasteiger partial charge in [-0.1, -0.05) is 48.5 Å². The van der Waals surface area contributed by atoms with Crippen molar-refractivity contribution in [2.45, 2.75) is 25.2 Å². The maximum atomic E-state index is 12.6. The quantitative estimate of drug-likeness (QED) is 0.166. The summed E-state index contributed by atoms with van der Waals surface area (Å²) in [6.45, 7) is 5.53. The summed E-state index contributed by atoms with van der Waals surface area (Å²) in [6, 6.07) is 16.5. The van der Waals surface area contributed by atoms with Gasteiger partial charge in [0.15, 0.2) is 0 Å². The number of hydrogen-bond donors (Lipinski definition) is 2. The van der Waals surface area contributed by atoms with Gasteiger partial charge in [-0.15, -0.1) is 0 Å². The molecule has 12 heteroatoms. The number of carbonyl (C=O) groups is 3. The van der Waals surface area contributed by atoms with Crippen LogP contribution in [0.3, 0.4) is 0 Å². The van der Waals surface area contributed by atoms with Gasteiger partial charge in [-0.3, -0.25) is 9.59 Å². The molecule has 0 saturated carbocycles. The number of likely N-dealkylation sites (N-methyl/N-ethyl adjacent to an activating group) is 1. The zero-order valence-electron chi connectivity index (χ0n) is 26.1. The minimum absolute atomic E-state index is 0.0141. The summed E-state index contributed by atoms with van der Waals surface area (Å²) < 4.78 is 33.1. The average Bonchev–Trinajstić information content (AvgIpc) is 3.37. The minimum atomic E-state index is -0.985. The standard InChI is InChI=1S/C33H46N2O10/c1-35(33(39)45-25-30-28-9-4-2-7-26(28)27-8-3-5-10-29(27)30)14-16-41-18-20-43-22-24-44-23-21-42-19-17-40-15-6-13-34-31(36)11-12-32(37)38/h2-5,7-10,30H,6,11-25H2,1H3,(H,34,36)(H,37,38). The Hall–Kier alpha value is -3.55. The number of hydrogen-bond acceptors (Lipinski definition) is 9. The number of aliphatic carboxylic acids is 1. The first-order chi connectivity index (χ1) is 22.0. The number of rotatable bonds is 24. The maximum absolute atomic E-state index is 12.6. The molecule has 2 aromatic rings. The number of nitrogens with zero attached hydrogens (tertiary/aromatic N) is 1. The number of carboxylic acids is 1. The lowest BCUT2D eigenvalue weighted by atomic mass is 9.98. The highest BCUT2D eigenvalue weighted by Gasteiger charge is 2.29. The predicted octanol–water partition coefficient (Wildman–Crippen LogP) is 3.32. The lowest BCUT2D eigenvalue weighted by Crippen LogP contribution is -2.32. The van der Waals surface area contributed by atoms with E-state index < -0.39 is 5.97 Å². The monoisotopic (exact) mass is 630 g/mol. The molecule has 0 radical (unpaired) electrons. The van der Waals surface area contributed by atoms with Gasteiger partial charge in [-0.05, 0) is 28.7 Å². The molecule has 0 bridgehead atoms. The van der Waals surface area contributed by atoms with Crippen LogP contribution in [0.1, 0.15) is 36.3 Å². The summed E-state index contributed by atoms with van der Waals surface area (Å²) in [5.74, 6) is -1.22. The van der Waals surface area contributed by atoms with Crippen LogP contribution in [0.15, 0.2) is 48.5 Å². The molecule has 0 heterocycles. The number of benzene rings is 2. The third-order valence-corrected chi connectivity index (χ3v) is 7.06. The second kappa shape index (κ2) is 21.2. The van der Waals surface area contributed by atoms with E-state index in [-0.39, 0.29) is 30.8 Å². The molecule has 2 amide bonds. The molecule has 0 aliphatic heterocycles. The molecule has 0 aromatic heterocycles. The fourth-order valence-electron chi connectivity index (χ4n) is 4.69. The van der Waals surface area contributed by atoms with Crippen molar-refractivity contribution in [3.8, 4) is 11.1 Å². The van der Waals surface area contributed by atoms with Crippen molar-refractivity contribution in [2.24, 2.45) is 0 Å². The van der Waals surface area contributed by atoms with E-state index in [2.05, 4.69) is 29.6 Å².